The number of carbonyl (C=O) groups excluding carboxylic acids is 3. The Kier molecular flexibility index (Phi) is 6.21. The average molecular weight is 387 g/mol. The lowest BCUT2D eigenvalue weighted by molar-refractivity contribution is -0.146. The van der Waals surface area contributed by atoms with E-state index >= 15 is 0 Å². The predicted octanol–water partition coefficient (Wildman–Crippen LogP) is 2.22. The van der Waals surface area contributed by atoms with E-state index in [-0.39, 0.29) is 35.3 Å². The Morgan fingerprint density at radius 2 is 1.75 bits per heavy atom. The molecule has 7 nitrogen and oxygen atoms in total. The van der Waals surface area contributed by atoms with Gasteiger partial charge in [0.25, 0.3) is 0 Å². The molecule has 2 fully saturated rings. The normalized spacial score (nSPS) is 19.2. The van der Waals surface area contributed by atoms with Crippen LogP contribution in [-0.4, -0.2) is 58.3 Å². The fraction of sp³-hybridized carbons (Fsp3) is 0.571. The molecule has 7 heteroatoms. The summed E-state index contributed by atoms with van der Waals surface area (Å²) in [5.74, 6) is 0.0700. The molecule has 28 heavy (non-hydrogen) atoms. The zero-order valence-electron chi connectivity index (χ0n) is 16.6. The number of phenolic OH excluding ortho intramolecular Hbond substituents is 1. The molecule has 1 aromatic rings. The summed E-state index contributed by atoms with van der Waals surface area (Å²) >= 11 is 0. The first-order chi connectivity index (χ1) is 13.4. The molecule has 0 aromatic heterocycles. The van der Waals surface area contributed by atoms with Crippen LogP contribution in [-0.2, 0) is 14.4 Å². The molecule has 2 N–H and O–H groups in total. The fourth-order valence-electron chi connectivity index (χ4n) is 4.08. The fourth-order valence-corrected chi connectivity index (χ4v) is 4.08. The lowest BCUT2D eigenvalue weighted by Crippen LogP contribution is -2.54. The molecular weight excluding hydrogens is 358 g/mol. The monoisotopic (exact) mass is 387 g/mol. The van der Waals surface area contributed by atoms with E-state index in [2.05, 4.69) is 5.32 Å². The van der Waals surface area contributed by atoms with Crippen LogP contribution in [0.4, 0.5) is 5.69 Å². The van der Waals surface area contributed by atoms with Crippen molar-refractivity contribution in [3.05, 3.63) is 24.3 Å². The van der Waals surface area contributed by atoms with Crippen molar-refractivity contribution in [3.8, 4) is 5.75 Å². The largest absolute Gasteiger partial charge is 0.508 e. The molecule has 3 amide bonds. The predicted molar refractivity (Wildman–Crippen MR) is 106 cm³/mol. The lowest BCUT2D eigenvalue weighted by Gasteiger charge is -2.37. The molecule has 0 spiro atoms. The number of anilines is 1. The van der Waals surface area contributed by atoms with Crippen molar-refractivity contribution >= 4 is 23.4 Å². The summed E-state index contributed by atoms with van der Waals surface area (Å²) in [6.07, 6.45) is 2.55. The van der Waals surface area contributed by atoms with E-state index in [9.17, 15) is 19.5 Å². The Bertz CT molecular complexity index is 724. The van der Waals surface area contributed by atoms with Gasteiger partial charge in [-0.25, -0.2) is 0 Å². The number of nitrogens with zero attached hydrogens (tertiary/aromatic N) is 2. The molecule has 0 aliphatic carbocycles. The van der Waals surface area contributed by atoms with Crippen LogP contribution in [0.3, 0.4) is 0 Å². The Morgan fingerprint density at radius 3 is 2.29 bits per heavy atom. The van der Waals surface area contributed by atoms with Gasteiger partial charge in [0.15, 0.2) is 0 Å². The maximum absolute atomic E-state index is 13.1. The van der Waals surface area contributed by atoms with E-state index in [1.54, 1.807) is 21.9 Å². The molecule has 2 saturated heterocycles. The Balaban J connectivity index is 1.56. The van der Waals surface area contributed by atoms with E-state index in [0.717, 1.165) is 6.42 Å². The number of hydrogen-bond acceptors (Lipinski definition) is 4. The van der Waals surface area contributed by atoms with Crippen LogP contribution in [0.1, 0.15) is 39.5 Å². The summed E-state index contributed by atoms with van der Waals surface area (Å²) < 4.78 is 0. The number of rotatable bonds is 5. The van der Waals surface area contributed by atoms with Crippen molar-refractivity contribution in [2.45, 2.75) is 45.6 Å². The molecule has 0 bridgehead atoms. The smallest absolute Gasteiger partial charge is 0.245 e. The number of carbonyl (C=O) groups is 3. The highest BCUT2D eigenvalue weighted by atomic mass is 16.3. The number of piperidine rings is 1. The van der Waals surface area contributed by atoms with Gasteiger partial charge in [-0.3, -0.25) is 14.4 Å². The first-order valence-corrected chi connectivity index (χ1v) is 10.0. The minimum Gasteiger partial charge on any atom is -0.508 e. The van der Waals surface area contributed by atoms with Gasteiger partial charge in [0.2, 0.25) is 17.7 Å². The van der Waals surface area contributed by atoms with Crippen LogP contribution >= 0.6 is 0 Å². The van der Waals surface area contributed by atoms with Crippen molar-refractivity contribution in [2.24, 2.45) is 11.8 Å². The molecule has 1 atom stereocenters. The summed E-state index contributed by atoms with van der Waals surface area (Å²) in [7, 11) is 0. The SMILES string of the molecule is CC(C)C(C(=O)N1CCC(C(=O)Nc2ccc(O)cc2)CC1)N1CCCC1=O. The van der Waals surface area contributed by atoms with E-state index in [4.69, 9.17) is 0 Å². The van der Waals surface area contributed by atoms with Crippen molar-refractivity contribution in [2.75, 3.05) is 25.0 Å². The standard InChI is InChI=1S/C21H29N3O4/c1-14(2)19(24-11-3-4-18(24)26)21(28)23-12-9-15(10-13-23)20(27)22-16-5-7-17(25)8-6-16/h5-8,14-15,19,25H,3-4,9-13H2,1-2H3,(H,22,27). The summed E-state index contributed by atoms with van der Waals surface area (Å²) in [5, 5.41) is 12.2. The molecule has 2 heterocycles. The molecule has 152 valence electrons. The van der Waals surface area contributed by atoms with Crippen LogP contribution in [0.25, 0.3) is 0 Å². The van der Waals surface area contributed by atoms with E-state index in [1.165, 1.54) is 12.1 Å². The third-order valence-electron chi connectivity index (χ3n) is 5.64. The molecule has 3 rings (SSSR count). The number of nitrogens with one attached hydrogen (secondary N) is 1. The molecule has 0 saturated carbocycles. The number of benzene rings is 1. The Morgan fingerprint density at radius 1 is 1.11 bits per heavy atom. The molecule has 1 unspecified atom stereocenters. The molecule has 0 radical (unpaired) electrons. The van der Waals surface area contributed by atoms with Gasteiger partial charge in [-0.1, -0.05) is 13.8 Å². The minimum atomic E-state index is -0.405. The van der Waals surface area contributed by atoms with Gasteiger partial charge >= 0.3 is 0 Å². The second-order valence-corrected chi connectivity index (χ2v) is 8.02. The summed E-state index contributed by atoms with van der Waals surface area (Å²) in [6.45, 7) is 5.66. The number of amides is 3. The third-order valence-corrected chi connectivity index (χ3v) is 5.64. The number of aromatic hydroxyl groups is 1. The summed E-state index contributed by atoms with van der Waals surface area (Å²) in [4.78, 5) is 41.2. The van der Waals surface area contributed by atoms with Gasteiger partial charge in [-0.05, 0) is 49.4 Å². The van der Waals surface area contributed by atoms with Gasteiger partial charge < -0.3 is 20.2 Å². The first-order valence-electron chi connectivity index (χ1n) is 10.0. The van der Waals surface area contributed by atoms with Crippen LogP contribution in [0, 0.1) is 11.8 Å². The topological polar surface area (TPSA) is 89.9 Å². The van der Waals surface area contributed by atoms with Crippen molar-refractivity contribution in [1.82, 2.24) is 9.80 Å². The zero-order chi connectivity index (χ0) is 20.3. The van der Waals surface area contributed by atoms with Crippen LogP contribution in [0.2, 0.25) is 0 Å². The second kappa shape index (κ2) is 8.63. The van der Waals surface area contributed by atoms with Gasteiger partial charge in [0.05, 0.1) is 0 Å². The number of phenols is 1. The van der Waals surface area contributed by atoms with Crippen molar-refractivity contribution < 1.29 is 19.5 Å². The quantitative estimate of drug-likeness (QED) is 0.758. The summed E-state index contributed by atoms with van der Waals surface area (Å²) in [6, 6.07) is 5.97. The first kappa shape index (κ1) is 20.2. The van der Waals surface area contributed by atoms with E-state index in [1.807, 2.05) is 13.8 Å². The van der Waals surface area contributed by atoms with E-state index < -0.39 is 6.04 Å². The maximum atomic E-state index is 13.1. The van der Waals surface area contributed by atoms with Crippen molar-refractivity contribution in [3.63, 3.8) is 0 Å². The highest BCUT2D eigenvalue weighted by molar-refractivity contribution is 5.93. The average Bonchev–Trinajstić information content (AvgIpc) is 3.09. The molecular formula is C21H29N3O4. The van der Waals surface area contributed by atoms with E-state index in [0.29, 0.717) is 44.6 Å². The Hall–Kier alpha value is -2.57. The molecule has 1 aromatic carbocycles. The minimum absolute atomic E-state index is 0.00245. The molecule has 2 aliphatic rings. The van der Waals surface area contributed by atoms with Crippen LogP contribution in [0.5, 0.6) is 5.75 Å². The number of likely N-dealkylation sites (tertiary alicyclic amines) is 2. The molecule has 2 aliphatic heterocycles. The van der Waals surface area contributed by atoms with Crippen LogP contribution < -0.4 is 5.32 Å². The highest BCUT2D eigenvalue weighted by Gasteiger charge is 2.38. The van der Waals surface area contributed by atoms with Crippen molar-refractivity contribution in [1.29, 1.82) is 0 Å². The zero-order valence-corrected chi connectivity index (χ0v) is 16.6. The number of hydrogen-bond donors (Lipinski definition) is 2. The third kappa shape index (κ3) is 4.46. The lowest BCUT2D eigenvalue weighted by atomic mass is 9.93. The highest BCUT2D eigenvalue weighted by Crippen LogP contribution is 2.25. The van der Waals surface area contributed by atoms with Gasteiger partial charge in [-0.15, -0.1) is 0 Å². The van der Waals surface area contributed by atoms with Gasteiger partial charge in [-0.2, -0.15) is 0 Å². The van der Waals surface area contributed by atoms with Crippen LogP contribution in [0.15, 0.2) is 24.3 Å². The van der Waals surface area contributed by atoms with Gasteiger partial charge in [0, 0.05) is 37.7 Å². The van der Waals surface area contributed by atoms with Gasteiger partial charge in [0.1, 0.15) is 11.8 Å². The second-order valence-electron chi connectivity index (χ2n) is 8.02. The summed E-state index contributed by atoms with van der Waals surface area (Å²) in [5.41, 5.74) is 0.647. The maximum Gasteiger partial charge on any atom is 0.245 e. The Labute approximate surface area is 165 Å².